The second-order valence-electron chi connectivity index (χ2n) is 4.96. The number of esters is 1. The van der Waals surface area contributed by atoms with Crippen LogP contribution < -0.4 is 9.47 Å². The fraction of sp³-hybridized carbons (Fsp3) is 0.176. The monoisotopic (exact) mass is 390 g/mol. The van der Waals surface area contributed by atoms with Crippen molar-refractivity contribution in [1.82, 2.24) is 9.38 Å². The van der Waals surface area contributed by atoms with Gasteiger partial charge in [-0.2, -0.15) is 0 Å². The number of hydrogen-bond acceptors (Lipinski definition) is 5. The second kappa shape index (κ2) is 6.52. The Morgan fingerprint density at radius 3 is 2.38 bits per heavy atom. The summed E-state index contributed by atoms with van der Waals surface area (Å²) in [6.45, 7) is 0. The average Bonchev–Trinajstić information content (AvgIpc) is 3.02. The molecule has 0 unspecified atom stereocenters. The van der Waals surface area contributed by atoms with Gasteiger partial charge in [-0.25, -0.2) is 9.78 Å². The number of aromatic nitrogens is 2. The molecule has 2 heterocycles. The Labute approximate surface area is 147 Å². The molecule has 0 fully saturated rings. The van der Waals surface area contributed by atoms with Crippen LogP contribution >= 0.6 is 15.9 Å². The molecule has 24 heavy (non-hydrogen) atoms. The van der Waals surface area contributed by atoms with Gasteiger partial charge in [-0.3, -0.25) is 4.40 Å². The third-order valence-electron chi connectivity index (χ3n) is 3.67. The molecule has 0 aliphatic rings. The lowest BCUT2D eigenvalue weighted by atomic mass is 10.1. The number of carbonyl (C=O) groups is 1. The normalized spacial score (nSPS) is 10.7. The van der Waals surface area contributed by atoms with Crippen LogP contribution in [0.5, 0.6) is 11.5 Å². The summed E-state index contributed by atoms with van der Waals surface area (Å²) in [5.74, 6) is 0.240. The quantitative estimate of drug-likeness (QED) is 0.637. The Bertz CT molecular complexity index is 895. The highest BCUT2D eigenvalue weighted by atomic mass is 79.9. The number of hydrogen-bond donors (Lipinski definition) is 0. The van der Waals surface area contributed by atoms with E-state index in [0.717, 1.165) is 21.4 Å². The molecule has 0 spiro atoms. The molecule has 0 amide bonds. The van der Waals surface area contributed by atoms with Gasteiger partial charge in [0, 0.05) is 16.2 Å². The maximum absolute atomic E-state index is 12.0. The van der Waals surface area contributed by atoms with E-state index in [4.69, 9.17) is 14.2 Å². The first kappa shape index (κ1) is 16.3. The Kier molecular flexibility index (Phi) is 4.44. The number of benzene rings is 1. The largest absolute Gasteiger partial charge is 0.496 e. The molecule has 0 N–H and O–H groups in total. The summed E-state index contributed by atoms with van der Waals surface area (Å²) in [5, 5.41) is 0. The number of pyridine rings is 1. The van der Waals surface area contributed by atoms with Gasteiger partial charge in [0.2, 0.25) is 0 Å². The number of halogens is 1. The second-order valence-corrected chi connectivity index (χ2v) is 5.88. The molecule has 0 saturated carbocycles. The van der Waals surface area contributed by atoms with Crippen LogP contribution in [-0.2, 0) is 4.74 Å². The van der Waals surface area contributed by atoms with Crippen LogP contribution in [-0.4, -0.2) is 36.7 Å². The van der Waals surface area contributed by atoms with Crippen molar-refractivity contribution < 1.29 is 19.0 Å². The average molecular weight is 391 g/mol. The van der Waals surface area contributed by atoms with Gasteiger partial charge in [0.1, 0.15) is 22.7 Å². The summed E-state index contributed by atoms with van der Waals surface area (Å²) in [6, 6.07) is 7.37. The standard InChI is InChI=1S/C17H15BrN2O4/c1-22-13-6-10(7-14(23-2)16(13)17(21)24-3)12-9-19-15-8-11(18)4-5-20(12)15/h4-9H,1-3H3. The highest BCUT2D eigenvalue weighted by Crippen LogP contribution is 2.35. The summed E-state index contributed by atoms with van der Waals surface area (Å²) in [6.07, 6.45) is 3.67. The van der Waals surface area contributed by atoms with E-state index in [9.17, 15) is 4.79 Å². The van der Waals surface area contributed by atoms with Gasteiger partial charge in [0.15, 0.2) is 0 Å². The molecule has 3 aromatic rings. The molecule has 3 rings (SSSR count). The first-order valence-corrected chi connectivity index (χ1v) is 7.85. The number of fused-ring (bicyclic) bond motifs is 1. The number of nitrogens with zero attached hydrogens (tertiary/aromatic N) is 2. The van der Waals surface area contributed by atoms with Crippen molar-refractivity contribution in [1.29, 1.82) is 0 Å². The number of methoxy groups -OCH3 is 3. The topological polar surface area (TPSA) is 62.1 Å². The van der Waals surface area contributed by atoms with Crippen LogP contribution in [0.25, 0.3) is 16.9 Å². The Morgan fingerprint density at radius 2 is 1.79 bits per heavy atom. The molecule has 0 aliphatic carbocycles. The van der Waals surface area contributed by atoms with Crippen LogP contribution in [0.1, 0.15) is 10.4 Å². The van der Waals surface area contributed by atoms with Crippen molar-refractivity contribution in [2.24, 2.45) is 0 Å². The van der Waals surface area contributed by atoms with E-state index in [-0.39, 0.29) is 5.56 Å². The van der Waals surface area contributed by atoms with Gasteiger partial charge in [-0.05, 0) is 24.3 Å². The third-order valence-corrected chi connectivity index (χ3v) is 4.16. The highest BCUT2D eigenvalue weighted by molar-refractivity contribution is 9.10. The van der Waals surface area contributed by atoms with Crippen molar-refractivity contribution in [2.75, 3.05) is 21.3 Å². The maximum Gasteiger partial charge on any atom is 0.345 e. The van der Waals surface area contributed by atoms with E-state index in [1.165, 1.54) is 21.3 Å². The van der Waals surface area contributed by atoms with Crippen molar-refractivity contribution >= 4 is 27.5 Å². The molecule has 124 valence electrons. The van der Waals surface area contributed by atoms with Crippen LogP contribution in [0.4, 0.5) is 0 Å². The fourth-order valence-corrected chi connectivity index (χ4v) is 2.86. The molecular formula is C17H15BrN2O4. The van der Waals surface area contributed by atoms with Crippen LogP contribution in [0.3, 0.4) is 0 Å². The van der Waals surface area contributed by atoms with E-state index in [0.29, 0.717) is 11.5 Å². The van der Waals surface area contributed by atoms with E-state index in [1.54, 1.807) is 18.3 Å². The van der Waals surface area contributed by atoms with Crippen LogP contribution in [0.15, 0.2) is 41.1 Å². The molecule has 7 heteroatoms. The molecule has 2 aromatic heterocycles. The highest BCUT2D eigenvalue weighted by Gasteiger charge is 2.21. The van der Waals surface area contributed by atoms with Crippen molar-refractivity contribution in [2.45, 2.75) is 0 Å². The van der Waals surface area contributed by atoms with Crippen molar-refractivity contribution in [3.05, 3.63) is 46.7 Å². The molecule has 0 bridgehead atoms. The lowest BCUT2D eigenvalue weighted by Gasteiger charge is -2.14. The maximum atomic E-state index is 12.0. The minimum atomic E-state index is -0.516. The molecule has 1 aromatic carbocycles. The molecule has 0 radical (unpaired) electrons. The Morgan fingerprint density at radius 1 is 1.12 bits per heavy atom. The van der Waals surface area contributed by atoms with E-state index in [2.05, 4.69) is 20.9 Å². The zero-order valence-corrected chi connectivity index (χ0v) is 15.0. The summed E-state index contributed by atoms with van der Waals surface area (Å²) in [4.78, 5) is 16.4. The van der Waals surface area contributed by atoms with Gasteiger partial charge < -0.3 is 14.2 Å². The molecule has 0 saturated heterocycles. The van der Waals surface area contributed by atoms with E-state index in [1.807, 2.05) is 22.7 Å². The predicted molar refractivity (Wildman–Crippen MR) is 92.8 cm³/mol. The third kappa shape index (κ3) is 2.71. The zero-order chi connectivity index (χ0) is 17.3. The number of imidazole rings is 1. The summed E-state index contributed by atoms with van der Waals surface area (Å²) in [7, 11) is 4.31. The van der Waals surface area contributed by atoms with Crippen molar-refractivity contribution in [3.8, 4) is 22.8 Å². The lowest BCUT2D eigenvalue weighted by Crippen LogP contribution is -2.07. The molecular weight excluding hydrogens is 376 g/mol. The molecule has 0 aliphatic heterocycles. The summed E-state index contributed by atoms with van der Waals surface area (Å²) < 4.78 is 18.4. The van der Waals surface area contributed by atoms with Gasteiger partial charge in [-0.15, -0.1) is 0 Å². The predicted octanol–water partition coefficient (Wildman–Crippen LogP) is 3.57. The van der Waals surface area contributed by atoms with Gasteiger partial charge >= 0.3 is 5.97 Å². The SMILES string of the molecule is COC(=O)c1c(OC)cc(-c2cnc3cc(Br)ccn23)cc1OC. The van der Waals surface area contributed by atoms with Gasteiger partial charge in [-0.1, -0.05) is 15.9 Å². The van der Waals surface area contributed by atoms with Crippen LogP contribution in [0, 0.1) is 0 Å². The summed E-state index contributed by atoms with van der Waals surface area (Å²) >= 11 is 3.43. The zero-order valence-electron chi connectivity index (χ0n) is 13.4. The van der Waals surface area contributed by atoms with Crippen molar-refractivity contribution in [3.63, 3.8) is 0 Å². The minimum Gasteiger partial charge on any atom is -0.496 e. The molecule has 0 atom stereocenters. The van der Waals surface area contributed by atoms with E-state index < -0.39 is 5.97 Å². The smallest absolute Gasteiger partial charge is 0.345 e. The Balaban J connectivity index is 2.22. The first-order chi connectivity index (χ1) is 11.6. The lowest BCUT2D eigenvalue weighted by molar-refractivity contribution is 0.0593. The van der Waals surface area contributed by atoms with Crippen LogP contribution in [0.2, 0.25) is 0 Å². The minimum absolute atomic E-state index is 0.253. The van der Waals surface area contributed by atoms with E-state index >= 15 is 0 Å². The fourth-order valence-electron chi connectivity index (χ4n) is 2.53. The molecule has 6 nitrogen and oxygen atoms in total. The van der Waals surface area contributed by atoms with Gasteiger partial charge in [0.25, 0.3) is 0 Å². The Hall–Kier alpha value is -2.54. The number of rotatable bonds is 4. The van der Waals surface area contributed by atoms with Gasteiger partial charge in [0.05, 0.1) is 33.2 Å². The number of ether oxygens (including phenoxy) is 3. The number of carbonyl (C=O) groups excluding carboxylic acids is 1. The summed E-state index contributed by atoms with van der Waals surface area (Å²) in [5.41, 5.74) is 2.72. The first-order valence-electron chi connectivity index (χ1n) is 7.06.